The van der Waals surface area contributed by atoms with Gasteiger partial charge in [0, 0.05) is 6.61 Å². The van der Waals surface area contributed by atoms with E-state index in [9.17, 15) is 4.79 Å². The van der Waals surface area contributed by atoms with Gasteiger partial charge >= 0.3 is 5.97 Å². The van der Waals surface area contributed by atoms with Gasteiger partial charge in [-0.25, -0.2) is 4.79 Å². The molecule has 13 heavy (non-hydrogen) atoms. The second-order valence-corrected chi connectivity index (χ2v) is 3.47. The van der Waals surface area contributed by atoms with E-state index in [1.807, 2.05) is 0 Å². The molecule has 2 heterocycles. The lowest BCUT2D eigenvalue weighted by Gasteiger charge is -2.18. The highest BCUT2D eigenvalue weighted by Gasteiger charge is 2.62. The molecule has 2 fully saturated rings. The molecule has 0 N–H and O–H groups in total. The summed E-state index contributed by atoms with van der Waals surface area (Å²) in [6, 6.07) is 0. The van der Waals surface area contributed by atoms with Crippen LogP contribution in [0.15, 0.2) is 0 Å². The second-order valence-electron chi connectivity index (χ2n) is 3.47. The van der Waals surface area contributed by atoms with Crippen LogP contribution in [0.5, 0.6) is 0 Å². The number of ether oxygens (including phenoxy) is 3. The van der Waals surface area contributed by atoms with Crippen LogP contribution in [0.4, 0.5) is 0 Å². The molecule has 0 radical (unpaired) electrons. The molecule has 2 aliphatic rings. The van der Waals surface area contributed by atoms with Gasteiger partial charge in [0.25, 0.3) is 0 Å². The predicted molar refractivity (Wildman–Crippen MR) is 44.3 cm³/mol. The van der Waals surface area contributed by atoms with Gasteiger partial charge < -0.3 is 14.2 Å². The Morgan fingerprint density at radius 1 is 1.69 bits per heavy atom. The van der Waals surface area contributed by atoms with Gasteiger partial charge in [-0.2, -0.15) is 0 Å². The molecule has 2 aliphatic heterocycles. The molecule has 74 valence electrons. The van der Waals surface area contributed by atoms with E-state index in [-0.39, 0.29) is 17.7 Å². The number of hydrogen-bond donors (Lipinski definition) is 0. The van der Waals surface area contributed by atoms with E-state index in [0.717, 1.165) is 19.4 Å². The maximum Gasteiger partial charge on any atom is 0.338 e. The molecule has 0 aromatic heterocycles. The molecular weight excluding hydrogens is 172 g/mol. The maximum atomic E-state index is 11.3. The summed E-state index contributed by atoms with van der Waals surface area (Å²) in [7, 11) is 0. The van der Waals surface area contributed by atoms with Crippen molar-refractivity contribution in [3.8, 4) is 0 Å². The summed E-state index contributed by atoms with van der Waals surface area (Å²) in [4.78, 5) is 11.3. The van der Waals surface area contributed by atoms with Crippen LogP contribution < -0.4 is 0 Å². The van der Waals surface area contributed by atoms with Gasteiger partial charge in [0.2, 0.25) is 0 Å². The Bertz CT molecular complexity index is 208. The topological polar surface area (TPSA) is 48.1 Å². The molecule has 0 aromatic rings. The summed E-state index contributed by atoms with van der Waals surface area (Å²) in [5.74, 6) is -0.243. The van der Waals surface area contributed by atoms with Crippen LogP contribution in [0.25, 0.3) is 0 Å². The third-order valence-corrected chi connectivity index (χ3v) is 2.51. The number of carbonyl (C=O) groups excluding carboxylic acids is 1. The fraction of sp³-hybridized carbons (Fsp3) is 0.889. The van der Waals surface area contributed by atoms with Crippen LogP contribution in [-0.4, -0.2) is 37.5 Å². The minimum absolute atomic E-state index is 0.243. The van der Waals surface area contributed by atoms with Gasteiger partial charge in [-0.1, -0.05) is 0 Å². The average molecular weight is 186 g/mol. The summed E-state index contributed by atoms with van der Waals surface area (Å²) in [5, 5.41) is 0. The lowest BCUT2D eigenvalue weighted by atomic mass is 9.98. The van der Waals surface area contributed by atoms with E-state index >= 15 is 0 Å². The standard InChI is InChI=1S/C9H14O4/c1-2-12-8(10)7-9(13-7)4-3-5-11-6-9/h7H,2-6H2,1H3. The van der Waals surface area contributed by atoms with E-state index in [2.05, 4.69) is 0 Å². The highest BCUT2D eigenvalue weighted by Crippen LogP contribution is 2.43. The van der Waals surface area contributed by atoms with Crippen molar-refractivity contribution >= 4 is 5.97 Å². The van der Waals surface area contributed by atoms with Crippen molar-refractivity contribution in [3.63, 3.8) is 0 Å². The van der Waals surface area contributed by atoms with Crippen molar-refractivity contribution in [2.45, 2.75) is 31.5 Å². The molecule has 0 saturated carbocycles. The van der Waals surface area contributed by atoms with E-state index in [0.29, 0.717) is 13.2 Å². The highest BCUT2D eigenvalue weighted by atomic mass is 16.7. The number of rotatable bonds is 2. The Kier molecular flexibility index (Phi) is 2.26. The molecule has 0 aliphatic carbocycles. The van der Waals surface area contributed by atoms with Crippen molar-refractivity contribution < 1.29 is 19.0 Å². The van der Waals surface area contributed by atoms with E-state index in [1.54, 1.807) is 6.92 Å². The third-order valence-electron chi connectivity index (χ3n) is 2.51. The van der Waals surface area contributed by atoms with E-state index < -0.39 is 0 Å². The lowest BCUT2D eigenvalue weighted by molar-refractivity contribution is -0.144. The number of hydrogen-bond acceptors (Lipinski definition) is 4. The fourth-order valence-electron chi connectivity index (χ4n) is 1.77. The predicted octanol–water partition coefficient (Wildman–Crippen LogP) is 0.497. The Balaban J connectivity index is 1.88. The SMILES string of the molecule is CCOC(=O)C1OC12CCCOC2. The molecule has 0 amide bonds. The quantitative estimate of drug-likeness (QED) is 0.465. The molecule has 0 bridgehead atoms. The molecule has 2 rings (SSSR count). The van der Waals surface area contributed by atoms with E-state index in [1.165, 1.54) is 0 Å². The zero-order chi connectivity index (χ0) is 9.31. The number of epoxide rings is 1. The van der Waals surface area contributed by atoms with E-state index in [4.69, 9.17) is 14.2 Å². The Morgan fingerprint density at radius 3 is 3.15 bits per heavy atom. The first kappa shape index (κ1) is 8.97. The van der Waals surface area contributed by atoms with Crippen LogP contribution in [0.3, 0.4) is 0 Å². The second kappa shape index (κ2) is 3.27. The Morgan fingerprint density at radius 2 is 2.54 bits per heavy atom. The van der Waals surface area contributed by atoms with Crippen LogP contribution in [0.2, 0.25) is 0 Å². The van der Waals surface area contributed by atoms with Crippen molar-refractivity contribution in [1.29, 1.82) is 0 Å². The van der Waals surface area contributed by atoms with Crippen molar-refractivity contribution in [3.05, 3.63) is 0 Å². The first-order valence-electron chi connectivity index (χ1n) is 4.71. The summed E-state index contributed by atoms with van der Waals surface area (Å²) >= 11 is 0. The van der Waals surface area contributed by atoms with Crippen LogP contribution in [-0.2, 0) is 19.0 Å². The van der Waals surface area contributed by atoms with Gasteiger partial charge in [-0.05, 0) is 19.8 Å². The summed E-state index contributed by atoms with van der Waals surface area (Å²) in [6.45, 7) is 3.52. The minimum atomic E-state index is -0.368. The largest absolute Gasteiger partial charge is 0.464 e. The average Bonchev–Trinajstić information content (AvgIpc) is 2.81. The van der Waals surface area contributed by atoms with Crippen molar-refractivity contribution in [1.82, 2.24) is 0 Å². The third kappa shape index (κ3) is 1.56. The number of esters is 1. The molecule has 2 saturated heterocycles. The summed E-state index contributed by atoms with van der Waals surface area (Å²) in [6.07, 6.45) is 1.51. The van der Waals surface area contributed by atoms with Crippen LogP contribution in [0, 0.1) is 0 Å². The smallest absolute Gasteiger partial charge is 0.338 e. The summed E-state index contributed by atoms with van der Waals surface area (Å²) in [5.41, 5.74) is -0.329. The molecule has 2 atom stereocenters. The molecule has 4 heteroatoms. The number of carbonyl (C=O) groups is 1. The van der Waals surface area contributed by atoms with Crippen LogP contribution in [0.1, 0.15) is 19.8 Å². The van der Waals surface area contributed by atoms with Gasteiger partial charge in [-0.15, -0.1) is 0 Å². The Labute approximate surface area is 77.1 Å². The molecular formula is C9H14O4. The maximum absolute atomic E-state index is 11.3. The first-order valence-corrected chi connectivity index (χ1v) is 4.71. The highest BCUT2D eigenvalue weighted by molar-refractivity contribution is 5.79. The molecule has 2 unspecified atom stereocenters. The van der Waals surface area contributed by atoms with Crippen LogP contribution >= 0.6 is 0 Å². The monoisotopic (exact) mass is 186 g/mol. The zero-order valence-corrected chi connectivity index (χ0v) is 7.75. The first-order chi connectivity index (χ1) is 6.28. The zero-order valence-electron chi connectivity index (χ0n) is 7.75. The fourth-order valence-corrected chi connectivity index (χ4v) is 1.77. The van der Waals surface area contributed by atoms with Gasteiger partial charge in [-0.3, -0.25) is 0 Å². The minimum Gasteiger partial charge on any atom is -0.464 e. The van der Waals surface area contributed by atoms with Gasteiger partial charge in [0.05, 0.1) is 13.2 Å². The summed E-state index contributed by atoms with van der Waals surface area (Å²) < 4.78 is 15.5. The van der Waals surface area contributed by atoms with Crippen molar-refractivity contribution in [2.75, 3.05) is 19.8 Å². The molecule has 0 aromatic carbocycles. The van der Waals surface area contributed by atoms with Crippen molar-refractivity contribution in [2.24, 2.45) is 0 Å². The Hall–Kier alpha value is -0.610. The van der Waals surface area contributed by atoms with Gasteiger partial charge in [0.1, 0.15) is 5.60 Å². The molecule has 1 spiro atoms. The normalized spacial score (nSPS) is 37.5. The molecule has 4 nitrogen and oxygen atoms in total. The lowest BCUT2D eigenvalue weighted by Crippen LogP contribution is -2.31. The van der Waals surface area contributed by atoms with Gasteiger partial charge in [0.15, 0.2) is 6.10 Å².